The maximum atomic E-state index is 6.05. The number of nitrogens with two attached hydrogens (primary N) is 1. The van der Waals surface area contributed by atoms with E-state index in [2.05, 4.69) is 16.1 Å². The van der Waals surface area contributed by atoms with E-state index in [1.54, 1.807) is 0 Å². The summed E-state index contributed by atoms with van der Waals surface area (Å²) in [5.74, 6) is 2.07. The van der Waals surface area contributed by atoms with Gasteiger partial charge in [-0.2, -0.15) is 11.8 Å². The molecule has 0 aromatic carbocycles. The van der Waals surface area contributed by atoms with Gasteiger partial charge in [0.1, 0.15) is 0 Å². The molecule has 3 nitrogen and oxygen atoms in total. The third-order valence-electron chi connectivity index (χ3n) is 3.46. The molecule has 1 heterocycles. The fourth-order valence-corrected chi connectivity index (χ4v) is 2.80. The Hall–Kier alpha value is 0.350. The van der Waals surface area contributed by atoms with Crippen molar-refractivity contribution >= 4 is 41.7 Å². The highest BCUT2D eigenvalue weighted by Gasteiger charge is 2.10. The zero-order valence-electron chi connectivity index (χ0n) is 12.3. The highest BCUT2D eigenvalue weighted by molar-refractivity contribution is 14.0. The SMILES string of the molecule is CSCCCCCCN=C(N)N1CCCCCC1.I. The van der Waals surface area contributed by atoms with Gasteiger partial charge >= 0.3 is 0 Å². The second-order valence-electron chi connectivity index (χ2n) is 5.05. The Balaban J connectivity index is 0.00000324. The molecule has 0 atom stereocenters. The molecule has 0 unspecified atom stereocenters. The van der Waals surface area contributed by atoms with Gasteiger partial charge in [-0.1, -0.05) is 25.7 Å². The van der Waals surface area contributed by atoms with Crippen LogP contribution in [0.3, 0.4) is 0 Å². The maximum absolute atomic E-state index is 6.05. The van der Waals surface area contributed by atoms with Crippen LogP contribution in [0.5, 0.6) is 0 Å². The average molecular weight is 399 g/mol. The van der Waals surface area contributed by atoms with Crippen LogP contribution in [-0.4, -0.2) is 42.5 Å². The number of nitrogens with zero attached hydrogens (tertiary/aromatic N) is 2. The van der Waals surface area contributed by atoms with Crippen molar-refractivity contribution in [3.63, 3.8) is 0 Å². The van der Waals surface area contributed by atoms with E-state index in [0.29, 0.717) is 0 Å². The summed E-state index contributed by atoms with van der Waals surface area (Å²) < 4.78 is 0. The Morgan fingerprint density at radius 1 is 1.05 bits per heavy atom. The normalized spacial score (nSPS) is 16.9. The molecule has 19 heavy (non-hydrogen) atoms. The number of aliphatic imine (C=N–C) groups is 1. The number of hydrogen-bond acceptors (Lipinski definition) is 2. The molecule has 1 aliphatic heterocycles. The molecule has 114 valence electrons. The molecule has 2 N–H and O–H groups in total. The highest BCUT2D eigenvalue weighted by Crippen LogP contribution is 2.09. The molecule has 1 fully saturated rings. The predicted octanol–water partition coefficient (Wildman–Crippen LogP) is 3.72. The Kier molecular flexibility index (Phi) is 13.6. The van der Waals surface area contributed by atoms with Crippen molar-refractivity contribution in [2.24, 2.45) is 10.7 Å². The second kappa shape index (κ2) is 13.3. The van der Waals surface area contributed by atoms with E-state index >= 15 is 0 Å². The van der Waals surface area contributed by atoms with Crippen molar-refractivity contribution in [1.82, 2.24) is 4.90 Å². The first kappa shape index (κ1) is 19.4. The number of likely N-dealkylation sites (tertiary alicyclic amines) is 1. The summed E-state index contributed by atoms with van der Waals surface area (Å²) in [7, 11) is 0. The van der Waals surface area contributed by atoms with Crippen LogP contribution in [0.1, 0.15) is 51.4 Å². The van der Waals surface area contributed by atoms with Crippen molar-refractivity contribution in [2.75, 3.05) is 31.6 Å². The van der Waals surface area contributed by atoms with Crippen molar-refractivity contribution in [1.29, 1.82) is 0 Å². The Bertz CT molecular complexity index is 229. The lowest BCUT2D eigenvalue weighted by molar-refractivity contribution is 0.428. The van der Waals surface area contributed by atoms with Gasteiger partial charge < -0.3 is 10.6 Å². The van der Waals surface area contributed by atoms with Gasteiger partial charge in [0, 0.05) is 19.6 Å². The van der Waals surface area contributed by atoms with Gasteiger partial charge in [0.15, 0.2) is 5.96 Å². The first-order valence-corrected chi connectivity index (χ1v) is 8.78. The molecule has 0 spiro atoms. The molecule has 5 heteroatoms. The third-order valence-corrected chi connectivity index (χ3v) is 4.16. The minimum Gasteiger partial charge on any atom is -0.370 e. The van der Waals surface area contributed by atoms with Gasteiger partial charge in [0.05, 0.1) is 0 Å². The fourth-order valence-electron chi connectivity index (χ4n) is 2.31. The van der Waals surface area contributed by atoms with Gasteiger partial charge in [-0.25, -0.2) is 0 Å². The van der Waals surface area contributed by atoms with E-state index in [1.165, 1.54) is 57.1 Å². The largest absolute Gasteiger partial charge is 0.370 e. The zero-order valence-corrected chi connectivity index (χ0v) is 15.4. The molecule has 0 bridgehead atoms. The van der Waals surface area contributed by atoms with Crippen LogP contribution >= 0.6 is 35.7 Å². The second-order valence-corrected chi connectivity index (χ2v) is 6.03. The van der Waals surface area contributed by atoms with E-state index in [0.717, 1.165) is 25.6 Å². The number of unbranched alkanes of at least 4 members (excludes halogenated alkanes) is 3. The van der Waals surface area contributed by atoms with Crippen LogP contribution in [0.25, 0.3) is 0 Å². The number of hydrogen-bond donors (Lipinski definition) is 1. The lowest BCUT2D eigenvalue weighted by Gasteiger charge is -2.21. The number of guanidine groups is 1. The quantitative estimate of drug-likeness (QED) is 0.307. The number of halogens is 1. The molecule has 1 rings (SSSR count). The minimum atomic E-state index is 0. The van der Waals surface area contributed by atoms with E-state index in [9.17, 15) is 0 Å². The summed E-state index contributed by atoms with van der Waals surface area (Å²) in [6.07, 6.45) is 12.5. The lowest BCUT2D eigenvalue weighted by atomic mass is 10.2. The van der Waals surface area contributed by atoms with E-state index in [4.69, 9.17) is 5.73 Å². The van der Waals surface area contributed by atoms with Crippen LogP contribution in [0.15, 0.2) is 4.99 Å². The van der Waals surface area contributed by atoms with E-state index in [1.807, 2.05) is 11.8 Å². The zero-order chi connectivity index (χ0) is 13.1. The van der Waals surface area contributed by atoms with Gasteiger partial charge in [0.2, 0.25) is 0 Å². The smallest absolute Gasteiger partial charge is 0.191 e. The molecular weight excluding hydrogens is 369 g/mol. The van der Waals surface area contributed by atoms with Crippen molar-refractivity contribution < 1.29 is 0 Å². The average Bonchev–Trinajstić information content (AvgIpc) is 2.66. The fraction of sp³-hybridized carbons (Fsp3) is 0.929. The predicted molar refractivity (Wildman–Crippen MR) is 98.8 cm³/mol. The van der Waals surface area contributed by atoms with Gasteiger partial charge in [-0.3, -0.25) is 4.99 Å². The maximum Gasteiger partial charge on any atom is 0.191 e. The summed E-state index contributed by atoms with van der Waals surface area (Å²) in [5.41, 5.74) is 6.05. The number of thioether (sulfide) groups is 1. The molecule has 1 saturated heterocycles. The summed E-state index contributed by atoms with van der Waals surface area (Å²) in [6.45, 7) is 3.10. The van der Waals surface area contributed by atoms with Crippen LogP contribution < -0.4 is 5.73 Å². The topological polar surface area (TPSA) is 41.6 Å². The third kappa shape index (κ3) is 9.82. The van der Waals surface area contributed by atoms with Crippen LogP contribution in [-0.2, 0) is 0 Å². The van der Waals surface area contributed by atoms with Gasteiger partial charge in [0.25, 0.3) is 0 Å². The molecule has 0 saturated carbocycles. The highest BCUT2D eigenvalue weighted by atomic mass is 127. The molecule has 0 aromatic rings. The summed E-state index contributed by atoms with van der Waals surface area (Å²) in [6, 6.07) is 0. The van der Waals surface area contributed by atoms with Crippen LogP contribution in [0.2, 0.25) is 0 Å². The van der Waals surface area contributed by atoms with Crippen molar-refractivity contribution in [3.8, 4) is 0 Å². The van der Waals surface area contributed by atoms with Crippen molar-refractivity contribution in [3.05, 3.63) is 0 Å². The molecule has 0 amide bonds. The first-order chi connectivity index (χ1) is 8.84. The van der Waals surface area contributed by atoms with Gasteiger partial charge in [-0.05, 0) is 37.7 Å². The standard InChI is InChI=1S/C14H29N3S.HI/c1-18-13-9-5-2-6-10-16-14(15)17-11-7-3-4-8-12-17;/h2-13H2,1H3,(H2,15,16);1H. The van der Waals surface area contributed by atoms with E-state index in [-0.39, 0.29) is 24.0 Å². The lowest BCUT2D eigenvalue weighted by Crippen LogP contribution is -2.38. The monoisotopic (exact) mass is 399 g/mol. The minimum absolute atomic E-state index is 0. The Labute approximate surface area is 140 Å². The Morgan fingerprint density at radius 3 is 2.32 bits per heavy atom. The summed E-state index contributed by atoms with van der Waals surface area (Å²) in [5, 5.41) is 0. The van der Waals surface area contributed by atoms with Crippen molar-refractivity contribution in [2.45, 2.75) is 51.4 Å². The van der Waals surface area contributed by atoms with Crippen LogP contribution in [0.4, 0.5) is 0 Å². The van der Waals surface area contributed by atoms with E-state index < -0.39 is 0 Å². The molecular formula is C14H30IN3S. The van der Waals surface area contributed by atoms with Gasteiger partial charge in [-0.15, -0.1) is 24.0 Å². The molecule has 1 aliphatic rings. The Morgan fingerprint density at radius 2 is 1.68 bits per heavy atom. The molecule has 0 aromatic heterocycles. The summed E-state index contributed by atoms with van der Waals surface area (Å²) in [4.78, 5) is 6.79. The first-order valence-electron chi connectivity index (χ1n) is 7.38. The van der Waals surface area contributed by atoms with Crippen LogP contribution in [0, 0.1) is 0 Å². The molecule has 0 aliphatic carbocycles. The number of rotatable bonds is 7. The summed E-state index contributed by atoms with van der Waals surface area (Å²) >= 11 is 1.94. The molecule has 0 radical (unpaired) electrons.